The Morgan fingerprint density at radius 1 is 0.132 bits per heavy atom. The molecule has 0 radical (unpaired) electrons. The topological polar surface area (TPSA) is 220 Å². The highest BCUT2D eigenvalue weighted by atomic mass is 16.4. The molecule has 20 aromatic carbocycles. The third-order valence-electron chi connectivity index (χ3n) is 25.5. The fourth-order valence-electron chi connectivity index (χ4n) is 18.3. The van der Waals surface area contributed by atoms with E-state index in [1.165, 1.54) is 0 Å². The monoisotopic (exact) mass is 1850 g/mol. The maximum absolute atomic E-state index is 6.12. The average Bonchev–Trinajstić information content (AvgIpc) is 1.41. The normalized spacial score (nSPS) is 11.3. The number of rotatable bonds is 14. The molecular weight excluding hydrogens is 1770 g/mol. The quantitative estimate of drug-likeness (QED) is 0.0987. The van der Waals surface area contributed by atoms with Crippen LogP contribution in [0.4, 0.5) is 0 Å². The molecule has 0 aliphatic carbocycles. The van der Waals surface area contributed by atoms with Gasteiger partial charge in [-0.3, -0.25) is 0 Å². The van der Waals surface area contributed by atoms with E-state index in [2.05, 4.69) is 152 Å². The van der Waals surface area contributed by atoms with E-state index in [9.17, 15) is 0 Å². The second kappa shape index (κ2) is 37.9. The number of nitrogens with zero attached hydrogens (tertiary/aromatic N) is 13. The summed E-state index contributed by atoms with van der Waals surface area (Å²) in [6.07, 6.45) is 0. The molecule has 144 heavy (non-hydrogen) atoms. The minimum atomic E-state index is 0.603. The Bertz CT molecular complexity index is 9230. The van der Waals surface area contributed by atoms with Crippen LogP contribution < -0.4 is 0 Å². The number of para-hydroxylation sites is 3. The zero-order chi connectivity index (χ0) is 95.6. The Labute approximate surface area is 824 Å². The van der Waals surface area contributed by atoms with Crippen LogP contribution >= 0.6 is 0 Å². The molecule has 28 rings (SSSR count). The van der Waals surface area contributed by atoms with Gasteiger partial charge in [-0.15, -0.1) is 0 Å². The highest BCUT2D eigenvalue weighted by Crippen LogP contribution is 2.42. The largest absolute Gasteiger partial charge is 0.436 e. The van der Waals surface area contributed by atoms with Crippen molar-refractivity contribution in [1.82, 2.24) is 64.8 Å². The number of oxazole rings is 4. The predicted octanol–water partition coefficient (Wildman–Crippen LogP) is 32.1. The zero-order valence-electron chi connectivity index (χ0n) is 77.1. The maximum Gasteiger partial charge on any atom is 0.227 e. The summed E-state index contributed by atoms with van der Waals surface area (Å²) < 4.78 is 24.4. The van der Waals surface area contributed by atoms with Gasteiger partial charge < -0.3 is 17.7 Å². The SMILES string of the molecule is c1ccc(-c2cc(-c3ccccc3)nc(-c3ccc4ccc5oc(-c6ccccc6)nc5c4c3)n2)cc1.c1ccc(-c2nc(-c3ccccc3)nc(-c3ccc4ccc5oc(-c6ccccc6)nc5c4c3)n2)cc1.c1ccc(-c2nc3c(ccc4ccc(-c5nc(-c6ccccc6)c6ccccc6n5)cc43)o2)cc1.c1ccc(-c2nc3c(ccc4ccc(-c5nc6ccccc6nc5-c5ccccc5)cc43)o2)cc1. The van der Waals surface area contributed by atoms with Crippen molar-refractivity contribution in [2.75, 3.05) is 0 Å². The molecule has 0 atom stereocenters. The van der Waals surface area contributed by atoms with Crippen molar-refractivity contribution in [3.63, 3.8) is 0 Å². The Morgan fingerprint density at radius 3 is 0.715 bits per heavy atom. The van der Waals surface area contributed by atoms with E-state index in [-0.39, 0.29) is 0 Å². The molecule has 0 saturated carbocycles. The number of aromatic nitrogens is 13. The Balaban J connectivity index is 0.000000101. The number of hydrogen-bond acceptors (Lipinski definition) is 17. The van der Waals surface area contributed by atoms with Gasteiger partial charge in [0.1, 0.15) is 22.1 Å². The third kappa shape index (κ3) is 17.3. The highest BCUT2D eigenvalue weighted by molar-refractivity contribution is 6.10. The van der Waals surface area contributed by atoms with Gasteiger partial charge in [-0.1, -0.05) is 358 Å². The zero-order valence-corrected chi connectivity index (χ0v) is 77.1. The lowest BCUT2D eigenvalue weighted by molar-refractivity contribution is 0.619. The van der Waals surface area contributed by atoms with E-state index in [0.29, 0.717) is 52.7 Å². The van der Waals surface area contributed by atoms with Crippen molar-refractivity contribution < 1.29 is 17.7 Å². The van der Waals surface area contributed by atoms with Crippen LogP contribution in [-0.4, -0.2) is 64.8 Å². The molecule has 8 heterocycles. The lowest BCUT2D eigenvalue weighted by Gasteiger charge is -2.11. The first-order valence-electron chi connectivity index (χ1n) is 47.4. The van der Waals surface area contributed by atoms with E-state index in [1.54, 1.807) is 0 Å². The van der Waals surface area contributed by atoms with Crippen LogP contribution in [0.3, 0.4) is 0 Å². The first kappa shape index (κ1) is 85.7. The van der Waals surface area contributed by atoms with E-state index in [0.717, 1.165) is 216 Å². The van der Waals surface area contributed by atoms with Crippen molar-refractivity contribution in [2.45, 2.75) is 0 Å². The molecule has 0 bridgehead atoms. The summed E-state index contributed by atoms with van der Waals surface area (Å²) in [5, 5.41) is 9.44. The van der Waals surface area contributed by atoms with Crippen molar-refractivity contribution >= 4 is 109 Å². The van der Waals surface area contributed by atoms with Crippen LogP contribution in [0.25, 0.3) is 268 Å². The highest BCUT2D eigenvalue weighted by Gasteiger charge is 2.24. The molecular formula is C127H79N13O4. The first-order valence-corrected chi connectivity index (χ1v) is 47.4. The van der Waals surface area contributed by atoms with Gasteiger partial charge in [0.15, 0.2) is 51.5 Å². The average molecular weight is 1850 g/mol. The molecule has 0 amide bonds. The van der Waals surface area contributed by atoms with Crippen LogP contribution in [0.5, 0.6) is 0 Å². The Hall–Kier alpha value is -19.9. The lowest BCUT2D eigenvalue weighted by atomic mass is 10.00. The molecule has 0 fully saturated rings. The van der Waals surface area contributed by atoms with E-state index < -0.39 is 0 Å². The molecule has 17 nitrogen and oxygen atoms in total. The van der Waals surface area contributed by atoms with Gasteiger partial charge in [0.05, 0.1) is 45.0 Å². The molecule has 0 unspecified atom stereocenters. The molecule has 0 aliphatic heterocycles. The van der Waals surface area contributed by atoms with Crippen LogP contribution in [0.1, 0.15) is 0 Å². The molecule has 8 aromatic heterocycles. The first-order chi connectivity index (χ1) is 71.3. The van der Waals surface area contributed by atoms with Crippen molar-refractivity contribution in [1.29, 1.82) is 0 Å². The van der Waals surface area contributed by atoms with Gasteiger partial charge in [-0.25, -0.2) is 64.8 Å². The molecule has 0 spiro atoms. The summed E-state index contributed by atoms with van der Waals surface area (Å²) in [5.41, 5.74) is 27.1. The second-order valence-corrected chi connectivity index (χ2v) is 34.7. The predicted molar refractivity (Wildman–Crippen MR) is 577 cm³/mol. The Morgan fingerprint density at radius 2 is 0.375 bits per heavy atom. The van der Waals surface area contributed by atoms with Crippen molar-refractivity contribution in [3.05, 3.63) is 479 Å². The fourth-order valence-corrected chi connectivity index (χ4v) is 18.3. The van der Waals surface area contributed by atoms with Crippen molar-refractivity contribution in [2.24, 2.45) is 0 Å². The van der Waals surface area contributed by atoms with Crippen LogP contribution in [0, 0.1) is 0 Å². The summed E-state index contributed by atoms with van der Waals surface area (Å²) in [6, 6.07) is 160. The van der Waals surface area contributed by atoms with Gasteiger partial charge in [0.2, 0.25) is 23.6 Å². The second-order valence-electron chi connectivity index (χ2n) is 34.7. The van der Waals surface area contributed by atoms with Gasteiger partial charge in [-0.05, 0) is 143 Å². The number of fused-ring (bicyclic) bond motifs is 14. The summed E-state index contributed by atoms with van der Waals surface area (Å²) in [5.74, 6) is 5.69. The third-order valence-corrected chi connectivity index (χ3v) is 25.5. The van der Waals surface area contributed by atoms with Gasteiger partial charge in [0.25, 0.3) is 0 Å². The lowest BCUT2D eigenvalue weighted by Crippen LogP contribution is -2.00. The molecule has 0 aliphatic rings. The van der Waals surface area contributed by atoms with Gasteiger partial charge in [-0.2, -0.15) is 0 Å². The number of hydrogen-bond donors (Lipinski definition) is 0. The molecule has 0 N–H and O–H groups in total. The van der Waals surface area contributed by atoms with Crippen LogP contribution in [0.15, 0.2) is 497 Å². The summed E-state index contributed by atoms with van der Waals surface area (Å²) in [4.78, 5) is 64.0. The van der Waals surface area contributed by atoms with E-state index in [4.69, 9.17) is 82.5 Å². The van der Waals surface area contributed by atoms with Crippen LogP contribution in [-0.2, 0) is 0 Å². The van der Waals surface area contributed by atoms with E-state index >= 15 is 0 Å². The van der Waals surface area contributed by atoms with Crippen LogP contribution in [0.2, 0.25) is 0 Å². The smallest absolute Gasteiger partial charge is 0.227 e. The maximum atomic E-state index is 6.12. The molecule has 0 saturated heterocycles. The molecule has 17 heteroatoms. The minimum absolute atomic E-state index is 0.603. The standard InChI is InChI=1S/C33H21N3O.C32H20N4O.2C31H19N3O/c1-4-10-23(11-5-1)28-21-29(24-12-6-2-7-13-24)35-32(34-28)26-17-16-22-18-19-30-31(27(22)20-26)36-33(37-30)25-14-8-3-9-15-25;1-4-10-22(11-5-1)29-34-30(23-12-6-2-7-13-23)36-31(35-29)25-17-16-21-18-19-27-28(26(21)20-25)33-32(37-27)24-14-8-3-9-15-24;1-3-9-21(10-4-1)28-29(33-26-14-8-7-13-25(26)32-28)23-16-15-20-17-18-27-30(24(20)19-23)34-31(35-27)22-11-5-2-6-12-22;1-3-9-21(10-4-1)28-24-13-7-8-14-26(24)32-30(33-28)23-16-15-20-17-18-27-29(25(20)19-23)34-31(35-27)22-11-5-2-6-12-22/h1-21H;1-20H;2*1-19H. The summed E-state index contributed by atoms with van der Waals surface area (Å²) in [7, 11) is 0. The summed E-state index contributed by atoms with van der Waals surface area (Å²) in [6.45, 7) is 0. The molecule has 28 aromatic rings. The fraction of sp³-hybridized carbons (Fsp3) is 0. The van der Waals surface area contributed by atoms with Gasteiger partial charge >= 0.3 is 0 Å². The number of benzene rings is 20. The molecule has 676 valence electrons. The minimum Gasteiger partial charge on any atom is -0.436 e. The summed E-state index contributed by atoms with van der Waals surface area (Å²) >= 11 is 0. The van der Waals surface area contributed by atoms with Gasteiger partial charge in [0, 0.05) is 105 Å². The van der Waals surface area contributed by atoms with Crippen molar-refractivity contribution in [3.8, 4) is 159 Å². The van der Waals surface area contributed by atoms with E-state index in [1.807, 2.05) is 328 Å². The Kier molecular flexibility index (Phi) is 22.6.